The van der Waals surface area contributed by atoms with Crippen LogP contribution in [0, 0.1) is 5.92 Å². The molecule has 1 unspecified atom stereocenters. The lowest BCUT2D eigenvalue weighted by atomic mass is 10.00. The molecule has 6 nitrogen and oxygen atoms in total. The highest BCUT2D eigenvalue weighted by molar-refractivity contribution is 8.26. The van der Waals surface area contributed by atoms with Gasteiger partial charge in [-0.15, -0.1) is 0 Å². The second-order valence-corrected chi connectivity index (χ2v) is 8.69. The number of thioether (sulfide) groups is 1. The fourth-order valence-corrected chi connectivity index (χ4v) is 4.68. The Kier molecular flexibility index (Phi) is 4.77. The lowest BCUT2D eigenvalue weighted by Crippen LogP contribution is -2.37. The van der Waals surface area contributed by atoms with E-state index in [1.54, 1.807) is 25.4 Å². The summed E-state index contributed by atoms with van der Waals surface area (Å²) in [5, 5.41) is 0. The van der Waals surface area contributed by atoms with Crippen LogP contribution in [-0.4, -0.2) is 44.6 Å². The predicted molar refractivity (Wildman–Crippen MR) is 113 cm³/mol. The second-order valence-electron chi connectivity index (χ2n) is 7.02. The average Bonchev–Trinajstić information content (AvgIpc) is 2.90. The van der Waals surface area contributed by atoms with Gasteiger partial charge in [-0.2, -0.15) is 0 Å². The molecule has 0 aromatic carbocycles. The van der Waals surface area contributed by atoms with Crippen molar-refractivity contribution in [1.82, 2.24) is 14.3 Å². The van der Waals surface area contributed by atoms with Crippen LogP contribution in [0.2, 0.25) is 0 Å². The summed E-state index contributed by atoms with van der Waals surface area (Å²) in [5.41, 5.74) is 0.882. The summed E-state index contributed by atoms with van der Waals surface area (Å²) in [6.07, 6.45) is 5.60. The molecule has 2 aliphatic heterocycles. The molecular weight excluding hydrogens is 380 g/mol. The molecule has 8 heteroatoms. The molecule has 4 rings (SSSR count). The molecule has 2 aromatic rings. The normalized spacial score (nSPS) is 22.3. The maximum atomic E-state index is 13.2. The molecule has 140 valence electrons. The Labute approximate surface area is 166 Å². The molecule has 0 N–H and O–H groups in total. The fraction of sp³-hybridized carbons (Fsp3) is 0.368. The number of nitrogens with zero attached hydrogens (tertiary/aromatic N) is 4. The summed E-state index contributed by atoms with van der Waals surface area (Å²) in [5.74, 6) is 1.01. The Morgan fingerprint density at radius 1 is 1.33 bits per heavy atom. The number of carbonyl (C=O) groups excluding carboxylic acids is 1. The SMILES string of the molecule is CC1CCCN(c2nc3ccccn3c(=O)c2/C=C2\SC(=S)N(C)C2=O)C1. The fourth-order valence-electron chi connectivity index (χ4n) is 3.52. The number of fused-ring (bicyclic) bond motifs is 1. The molecule has 0 aliphatic carbocycles. The quantitative estimate of drug-likeness (QED) is 0.571. The van der Waals surface area contributed by atoms with Crippen molar-refractivity contribution in [3.63, 3.8) is 0 Å². The van der Waals surface area contributed by atoms with Gasteiger partial charge in [0.15, 0.2) is 0 Å². The van der Waals surface area contributed by atoms with E-state index in [-0.39, 0.29) is 11.5 Å². The Morgan fingerprint density at radius 2 is 2.15 bits per heavy atom. The van der Waals surface area contributed by atoms with Crippen molar-refractivity contribution in [3.05, 3.63) is 45.2 Å². The third-order valence-electron chi connectivity index (χ3n) is 4.97. The van der Waals surface area contributed by atoms with Crippen LogP contribution in [-0.2, 0) is 4.79 Å². The van der Waals surface area contributed by atoms with E-state index in [1.165, 1.54) is 27.5 Å². The van der Waals surface area contributed by atoms with E-state index in [1.807, 2.05) is 12.1 Å². The van der Waals surface area contributed by atoms with E-state index in [4.69, 9.17) is 17.2 Å². The van der Waals surface area contributed by atoms with Crippen LogP contribution < -0.4 is 10.5 Å². The third kappa shape index (κ3) is 3.27. The summed E-state index contributed by atoms with van der Waals surface area (Å²) < 4.78 is 2.02. The number of likely N-dealkylation sites (N-methyl/N-ethyl adjacent to an activating group) is 1. The molecule has 2 aliphatic rings. The van der Waals surface area contributed by atoms with Crippen LogP contribution >= 0.6 is 24.0 Å². The highest BCUT2D eigenvalue weighted by Crippen LogP contribution is 2.33. The zero-order valence-electron chi connectivity index (χ0n) is 15.2. The first kappa shape index (κ1) is 18.2. The highest BCUT2D eigenvalue weighted by atomic mass is 32.2. The van der Waals surface area contributed by atoms with Crippen LogP contribution in [0.1, 0.15) is 25.3 Å². The lowest BCUT2D eigenvalue weighted by molar-refractivity contribution is -0.121. The monoisotopic (exact) mass is 400 g/mol. The number of piperidine rings is 1. The minimum absolute atomic E-state index is 0.171. The zero-order valence-corrected chi connectivity index (χ0v) is 16.8. The maximum absolute atomic E-state index is 13.2. The second kappa shape index (κ2) is 7.09. The Morgan fingerprint density at radius 3 is 2.85 bits per heavy atom. The van der Waals surface area contributed by atoms with Gasteiger partial charge in [0.2, 0.25) is 0 Å². The van der Waals surface area contributed by atoms with Crippen LogP contribution in [0.3, 0.4) is 0 Å². The molecule has 1 amide bonds. The molecule has 2 aromatic heterocycles. The van der Waals surface area contributed by atoms with E-state index in [2.05, 4.69) is 11.8 Å². The van der Waals surface area contributed by atoms with Gasteiger partial charge in [0.1, 0.15) is 15.8 Å². The van der Waals surface area contributed by atoms with Crippen molar-refractivity contribution in [1.29, 1.82) is 0 Å². The highest BCUT2D eigenvalue weighted by Gasteiger charge is 2.30. The number of thiocarbonyl (C=S) groups is 1. The molecular formula is C19H20N4O2S2. The van der Waals surface area contributed by atoms with Gasteiger partial charge in [0.05, 0.1) is 10.5 Å². The van der Waals surface area contributed by atoms with E-state index < -0.39 is 0 Å². The van der Waals surface area contributed by atoms with Crippen LogP contribution in [0.4, 0.5) is 5.82 Å². The minimum atomic E-state index is -0.180. The van der Waals surface area contributed by atoms with Gasteiger partial charge in [-0.25, -0.2) is 4.98 Å². The van der Waals surface area contributed by atoms with E-state index in [9.17, 15) is 9.59 Å². The van der Waals surface area contributed by atoms with E-state index in [0.717, 1.165) is 19.5 Å². The van der Waals surface area contributed by atoms with Gasteiger partial charge >= 0.3 is 0 Å². The van der Waals surface area contributed by atoms with Gasteiger partial charge in [-0.3, -0.25) is 18.9 Å². The largest absolute Gasteiger partial charge is 0.356 e. The minimum Gasteiger partial charge on any atom is -0.356 e. The molecule has 0 saturated carbocycles. The van der Waals surface area contributed by atoms with Crippen LogP contribution in [0.5, 0.6) is 0 Å². The first-order valence-corrected chi connectivity index (χ1v) is 10.2. The number of hydrogen-bond acceptors (Lipinski definition) is 6. The summed E-state index contributed by atoms with van der Waals surface area (Å²) in [6, 6.07) is 5.49. The molecule has 2 saturated heterocycles. The summed E-state index contributed by atoms with van der Waals surface area (Å²) in [4.78, 5) is 34.5. The molecule has 4 heterocycles. The Balaban J connectivity index is 1.91. The molecule has 0 bridgehead atoms. The Bertz CT molecular complexity index is 1030. The lowest BCUT2D eigenvalue weighted by Gasteiger charge is -2.32. The van der Waals surface area contributed by atoms with Crippen molar-refractivity contribution in [2.75, 3.05) is 25.0 Å². The van der Waals surface area contributed by atoms with Gasteiger partial charge < -0.3 is 4.90 Å². The summed E-state index contributed by atoms with van der Waals surface area (Å²) in [6.45, 7) is 3.92. The molecule has 1 atom stereocenters. The third-order valence-corrected chi connectivity index (χ3v) is 6.45. The van der Waals surface area contributed by atoms with Gasteiger partial charge in [-0.1, -0.05) is 37.0 Å². The number of aromatic nitrogens is 2. The van der Waals surface area contributed by atoms with Crippen molar-refractivity contribution in [2.24, 2.45) is 5.92 Å². The number of pyridine rings is 1. The average molecular weight is 401 g/mol. The van der Waals surface area contributed by atoms with Gasteiger partial charge in [-0.05, 0) is 37.0 Å². The smallest absolute Gasteiger partial charge is 0.267 e. The zero-order chi connectivity index (χ0) is 19.1. The number of hydrogen-bond donors (Lipinski definition) is 0. The summed E-state index contributed by atoms with van der Waals surface area (Å²) in [7, 11) is 1.65. The first-order chi connectivity index (χ1) is 13.0. The van der Waals surface area contributed by atoms with Crippen LogP contribution in [0.25, 0.3) is 11.7 Å². The molecule has 27 heavy (non-hydrogen) atoms. The van der Waals surface area contributed by atoms with E-state index >= 15 is 0 Å². The van der Waals surface area contributed by atoms with E-state index in [0.29, 0.717) is 32.2 Å². The molecule has 0 spiro atoms. The van der Waals surface area contributed by atoms with Crippen molar-refractivity contribution < 1.29 is 4.79 Å². The van der Waals surface area contributed by atoms with Crippen molar-refractivity contribution in [2.45, 2.75) is 19.8 Å². The van der Waals surface area contributed by atoms with Gasteiger partial charge in [0, 0.05) is 26.3 Å². The number of amides is 1. The topological polar surface area (TPSA) is 57.9 Å². The van der Waals surface area contributed by atoms with Crippen molar-refractivity contribution >= 4 is 51.7 Å². The van der Waals surface area contributed by atoms with Crippen LogP contribution in [0.15, 0.2) is 34.1 Å². The number of carbonyl (C=O) groups is 1. The number of anilines is 1. The Hall–Kier alpha value is -2.19. The molecule has 0 radical (unpaired) electrons. The maximum Gasteiger partial charge on any atom is 0.267 e. The van der Waals surface area contributed by atoms with Crippen molar-refractivity contribution in [3.8, 4) is 0 Å². The first-order valence-electron chi connectivity index (χ1n) is 8.93. The molecule has 2 fully saturated rings. The van der Waals surface area contributed by atoms with Gasteiger partial charge in [0.25, 0.3) is 11.5 Å². The summed E-state index contributed by atoms with van der Waals surface area (Å²) >= 11 is 6.43. The predicted octanol–water partition coefficient (Wildman–Crippen LogP) is 2.76. The standard InChI is InChI=1S/C19H20N4O2S2/c1-12-6-5-8-22(11-12)16-13(10-14-18(25)21(2)19(26)27-14)17(24)23-9-4-3-7-15(23)20-16/h3-4,7,9-10,12H,5-6,8,11H2,1-2H3/b14-10-. The number of rotatable bonds is 2.